The maximum Gasteiger partial charge on any atom is 0.339 e. The maximum absolute atomic E-state index is 13.4. The molecule has 2 N–H and O–H groups in total. The summed E-state index contributed by atoms with van der Waals surface area (Å²) in [5.41, 5.74) is 2.07. The van der Waals surface area contributed by atoms with Crippen LogP contribution in [0.25, 0.3) is 0 Å². The van der Waals surface area contributed by atoms with E-state index in [-0.39, 0.29) is 24.0 Å². The van der Waals surface area contributed by atoms with Crippen molar-refractivity contribution in [3.8, 4) is 5.75 Å². The van der Waals surface area contributed by atoms with Crippen LogP contribution in [0.2, 0.25) is 0 Å². The minimum absolute atomic E-state index is 0.107. The van der Waals surface area contributed by atoms with Gasteiger partial charge in [0, 0.05) is 10.6 Å². The number of amides is 2. The summed E-state index contributed by atoms with van der Waals surface area (Å²) >= 11 is 1.36. The second-order valence-electron chi connectivity index (χ2n) is 8.11. The van der Waals surface area contributed by atoms with Gasteiger partial charge in [0.2, 0.25) is 5.91 Å². The zero-order valence-electron chi connectivity index (χ0n) is 20.6. The predicted octanol–water partition coefficient (Wildman–Crippen LogP) is 5.96. The van der Waals surface area contributed by atoms with Gasteiger partial charge in [-0.1, -0.05) is 60.7 Å². The lowest BCUT2D eigenvalue weighted by atomic mass is 10.1. The molecule has 38 heavy (non-hydrogen) atoms. The second-order valence-corrected chi connectivity index (χ2v) is 9.29. The van der Waals surface area contributed by atoms with Gasteiger partial charge in [0.05, 0.1) is 18.4 Å². The molecule has 0 bridgehead atoms. The molecule has 4 aromatic rings. The Hall–Kier alpha value is -4.56. The summed E-state index contributed by atoms with van der Waals surface area (Å²) in [7, 11) is 1.30. The number of hydrogen-bond acceptors (Lipinski definition) is 6. The molecule has 0 aliphatic carbocycles. The van der Waals surface area contributed by atoms with E-state index >= 15 is 0 Å². The molecule has 0 saturated carbocycles. The fourth-order valence-corrected chi connectivity index (χ4v) is 4.62. The highest BCUT2D eigenvalue weighted by atomic mass is 32.2. The summed E-state index contributed by atoms with van der Waals surface area (Å²) in [6, 6.07) is 32.4. The highest BCUT2D eigenvalue weighted by Crippen LogP contribution is 2.37. The Morgan fingerprint density at radius 3 is 2.08 bits per heavy atom. The van der Waals surface area contributed by atoms with Crippen molar-refractivity contribution in [1.82, 2.24) is 0 Å². The van der Waals surface area contributed by atoms with Gasteiger partial charge in [0.25, 0.3) is 5.91 Å². The van der Waals surface area contributed by atoms with E-state index in [0.717, 1.165) is 10.5 Å². The summed E-state index contributed by atoms with van der Waals surface area (Å²) in [6.45, 7) is -0.107. The molecule has 2 amide bonds. The fourth-order valence-electron chi connectivity index (χ4n) is 3.59. The zero-order chi connectivity index (χ0) is 26.7. The number of rotatable bonds is 10. The lowest BCUT2D eigenvalue weighted by Crippen LogP contribution is -2.21. The quantitative estimate of drug-likeness (QED) is 0.196. The molecule has 0 aromatic heterocycles. The second kappa shape index (κ2) is 13.1. The van der Waals surface area contributed by atoms with Crippen molar-refractivity contribution in [2.24, 2.45) is 0 Å². The van der Waals surface area contributed by atoms with E-state index in [1.54, 1.807) is 48.5 Å². The monoisotopic (exact) mass is 526 g/mol. The number of methoxy groups -OCH3 is 1. The molecule has 0 fully saturated rings. The minimum atomic E-state index is -0.596. The molecule has 192 valence electrons. The Morgan fingerprint density at radius 2 is 1.39 bits per heavy atom. The number of carbonyl (C=O) groups excluding carboxylic acids is 3. The van der Waals surface area contributed by atoms with E-state index in [1.807, 2.05) is 60.7 Å². The van der Waals surface area contributed by atoms with Crippen molar-refractivity contribution in [2.45, 2.75) is 10.1 Å². The van der Waals surface area contributed by atoms with E-state index in [4.69, 9.17) is 9.47 Å². The molecule has 0 aliphatic rings. The standard InChI is InChI=1S/C30H26N2O5S/c1-36-30(35)25-14-8-9-15-26(25)32-29(34)28(21-10-4-2-5-11-21)38-24-18-16-22(17-19-24)31-27(33)20-37-23-12-6-3-7-13-23/h2-19,28H,20H2,1H3,(H,31,33)(H,32,34). The van der Waals surface area contributed by atoms with E-state index in [1.165, 1.54) is 18.9 Å². The Bertz CT molecular complexity index is 1380. The summed E-state index contributed by atoms with van der Waals surface area (Å²) in [5.74, 6) is -0.474. The third-order valence-corrected chi connectivity index (χ3v) is 6.70. The average Bonchev–Trinajstić information content (AvgIpc) is 2.96. The molecule has 0 spiro atoms. The molecule has 7 nitrogen and oxygen atoms in total. The number of thioether (sulfide) groups is 1. The van der Waals surface area contributed by atoms with Crippen LogP contribution in [0.3, 0.4) is 0 Å². The first-order valence-electron chi connectivity index (χ1n) is 11.8. The topological polar surface area (TPSA) is 93.7 Å². The molecule has 1 unspecified atom stereocenters. The van der Waals surface area contributed by atoms with Crippen LogP contribution in [0.4, 0.5) is 11.4 Å². The average molecular weight is 527 g/mol. The van der Waals surface area contributed by atoms with Gasteiger partial charge in [0.1, 0.15) is 11.0 Å². The third-order valence-electron chi connectivity index (χ3n) is 5.44. The van der Waals surface area contributed by atoms with Crippen LogP contribution < -0.4 is 15.4 Å². The molecule has 0 heterocycles. The van der Waals surface area contributed by atoms with Crippen LogP contribution in [0.5, 0.6) is 5.75 Å². The predicted molar refractivity (Wildman–Crippen MR) is 148 cm³/mol. The molecule has 0 aliphatic heterocycles. The molecule has 4 rings (SSSR count). The van der Waals surface area contributed by atoms with Gasteiger partial charge in [-0.25, -0.2) is 4.79 Å². The van der Waals surface area contributed by atoms with Crippen LogP contribution in [0, 0.1) is 0 Å². The smallest absolute Gasteiger partial charge is 0.339 e. The Labute approximate surface area is 225 Å². The number of hydrogen-bond donors (Lipinski definition) is 2. The fraction of sp³-hybridized carbons (Fsp3) is 0.100. The third kappa shape index (κ3) is 7.24. The van der Waals surface area contributed by atoms with Gasteiger partial charge < -0.3 is 20.1 Å². The highest BCUT2D eigenvalue weighted by molar-refractivity contribution is 8.00. The number of ether oxygens (including phenoxy) is 2. The molecular formula is C30H26N2O5S. The van der Waals surface area contributed by atoms with E-state index in [0.29, 0.717) is 17.1 Å². The lowest BCUT2D eigenvalue weighted by molar-refractivity contribution is -0.118. The maximum atomic E-state index is 13.4. The van der Waals surface area contributed by atoms with Gasteiger partial charge in [-0.3, -0.25) is 9.59 Å². The normalized spacial score (nSPS) is 11.2. The van der Waals surface area contributed by atoms with Crippen LogP contribution in [-0.4, -0.2) is 31.5 Å². The number of anilines is 2. The molecular weight excluding hydrogens is 500 g/mol. The van der Waals surface area contributed by atoms with Crippen LogP contribution >= 0.6 is 11.8 Å². The Morgan fingerprint density at radius 1 is 0.763 bits per heavy atom. The van der Waals surface area contributed by atoms with E-state index < -0.39 is 11.2 Å². The number of esters is 1. The molecule has 8 heteroatoms. The van der Waals surface area contributed by atoms with E-state index in [9.17, 15) is 14.4 Å². The first-order chi connectivity index (χ1) is 18.5. The van der Waals surface area contributed by atoms with Crippen LogP contribution in [0.1, 0.15) is 21.2 Å². The van der Waals surface area contributed by atoms with Crippen molar-refractivity contribution < 1.29 is 23.9 Å². The van der Waals surface area contributed by atoms with E-state index in [2.05, 4.69) is 10.6 Å². The largest absolute Gasteiger partial charge is 0.484 e. The van der Waals surface area contributed by atoms with Gasteiger partial charge in [-0.05, 0) is 54.1 Å². The summed E-state index contributed by atoms with van der Waals surface area (Å²) in [4.78, 5) is 38.7. The number of nitrogens with one attached hydrogen (secondary N) is 2. The van der Waals surface area contributed by atoms with Crippen LogP contribution in [0.15, 0.2) is 114 Å². The van der Waals surface area contributed by atoms with Crippen LogP contribution in [-0.2, 0) is 14.3 Å². The van der Waals surface area contributed by atoms with Crippen molar-refractivity contribution in [1.29, 1.82) is 0 Å². The van der Waals surface area contributed by atoms with Gasteiger partial charge >= 0.3 is 5.97 Å². The van der Waals surface area contributed by atoms with Gasteiger partial charge in [0.15, 0.2) is 6.61 Å². The molecule has 4 aromatic carbocycles. The summed E-state index contributed by atoms with van der Waals surface area (Å²) in [6.07, 6.45) is 0. The van der Waals surface area contributed by atoms with Crippen molar-refractivity contribution in [3.05, 3.63) is 120 Å². The first kappa shape index (κ1) is 26.5. The number of para-hydroxylation sites is 2. The van der Waals surface area contributed by atoms with Crippen molar-refractivity contribution in [3.63, 3.8) is 0 Å². The number of benzene rings is 4. The highest BCUT2D eigenvalue weighted by Gasteiger charge is 2.24. The number of carbonyl (C=O) groups is 3. The summed E-state index contributed by atoms with van der Waals surface area (Å²) in [5, 5.41) is 5.09. The Kier molecular flexibility index (Phi) is 9.15. The zero-order valence-corrected chi connectivity index (χ0v) is 21.4. The minimum Gasteiger partial charge on any atom is -0.484 e. The summed E-state index contributed by atoms with van der Waals surface area (Å²) < 4.78 is 10.3. The van der Waals surface area contributed by atoms with Gasteiger partial charge in [-0.2, -0.15) is 0 Å². The molecule has 0 radical (unpaired) electrons. The molecule has 0 saturated heterocycles. The van der Waals surface area contributed by atoms with Crippen molar-refractivity contribution in [2.75, 3.05) is 24.4 Å². The van der Waals surface area contributed by atoms with Crippen molar-refractivity contribution >= 4 is 40.9 Å². The first-order valence-corrected chi connectivity index (χ1v) is 12.7. The molecule has 1 atom stereocenters. The SMILES string of the molecule is COC(=O)c1ccccc1NC(=O)C(Sc1ccc(NC(=O)COc2ccccc2)cc1)c1ccccc1. The Balaban J connectivity index is 1.44. The lowest BCUT2D eigenvalue weighted by Gasteiger charge is -2.18. The van der Waals surface area contributed by atoms with Gasteiger partial charge in [-0.15, -0.1) is 11.8 Å².